The SMILES string of the molecule is Cc1cccc(CN2CCCN(C(=S)Nc3cc(C)c(C)cc3C)CC2)n1. The van der Waals surface area contributed by atoms with E-state index < -0.39 is 0 Å². The quantitative estimate of drug-likeness (QED) is 0.804. The van der Waals surface area contributed by atoms with Crippen LogP contribution in [0.4, 0.5) is 5.69 Å². The Balaban J connectivity index is 1.59. The highest BCUT2D eigenvalue weighted by Gasteiger charge is 2.18. The molecular formula is C22H30N4S. The minimum absolute atomic E-state index is 0.830. The first-order valence-electron chi connectivity index (χ1n) is 9.71. The van der Waals surface area contributed by atoms with Crippen LogP contribution < -0.4 is 5.32 Å². The number of aromatic nitrogens is 1. The smallest absolute Gasteiger partial charge is 0.173 e. The average molecular weight is 383 g/mol. The molecule has 1 aromatic carbocycles. The highest BCUT2D eigenvalue weighted by atomic mass is 32.1. The number of anilines is 1. The summed E-state index contributed by atoms with van der Waals surface area (Å²) in [4.78, 5) is 9.42. The molecule has 1 aliphatic heterocycles. The zero-order valence-corrected chi connectivity index (χ0v) is 17.7. The van der Waals surface area contributed by atoms with Gasteiger partial charge in [-0.05, 0) is 81.2 Å². The molecule has 1 aliphatic rings. The Morgan fingerprint density at radius 2 is 1.78 bits per heavy atom. The summed E-state index contributed by atoms with van der Waals surface area (Å²) in [6.45, 7) is 13.4. The van der Waals surface area contributed by atoms with Crippen molar-refractivity contribution in [2.45, 2.75) is 40.7 Å². The normalized spacial score (nSPS) is 15.5. The molecule has 0 atom stereocenters. The van der Waals surface area contributed by atoms with Gasteiger partial charge in [0, 0.05) is 44.1 Å². The molecule has 0 bridgehead atoms. The minimum atomic E-state index is 0.830. The third kappa shape index (κ3) is 5.27. The summed E-state index contributed by atoms with van der Waals surface area (Å²) >= 11 is 5.72. The molecule has 1 aromatic heterocycles. The summed E-state index contributed by atoms with van der Waals surface area (Å²) in [6, 6.07) is 10.7. The van der Waals surface area contributed by atoms with Crippen molar-refractivity contribution in [3.8, 4) is 0 Å². The van der Waals surface area contributed by atoms with E-state index in [-0.39, 0.29) is 0 Å². The van der Waals surface area contributed by atoms with Gasteiger partial charge in [-0.1, -0.05) is 12.1 Å². The molecule has 0 saturated carbocycles. The molecular weight excluding hydrogens is 352 g/mol. The van der Waals surface area contributed by atoms with Crippen molar-refractivity contribution in [1.29, 1.82) is 0 Å². The highest BCUT2D eigenvalue weighted by molar-refractivity contribution is 7.80. The van der Waals surface area contributed by atoms with Crippen molar-refractivity contribution in [2.75, 3.05) is 31.5 Å². The number of pyridine rings is 1. The van der Waals surface area contributed by atoms with Crippen LogP contribution >= 0.6 is 12.2 Å². The summed E-state index contributed by atoms with van der Waals surface area (Å²) < 4.78 is 0. The molecule has 144 valence electrons. The molecule has 5 heteroatoms. The van der Waals surface area contributed by atoms with Crippen LogP contribution in [0.15, 0.2) is 30.3 Å². The summed E-state index contributed by atoms with van der Waals surface area (Å²) in [6.07, 6.45) is 1.11. The molecule has 1 saturated heterocycles. The van der Waals surface area contributed by atoms with Gasteiger partial charge in [-0.25, -0.2) is 0 Å². The van der Waals surface area contributed by atoms with E-state index in [0.29, 0.717) is 0 Å². The van der Waals surface area contributed by atoms with Crippen molar-refractivity contribution in [3.63, 3.8) is 0 Å². The number of hydrogen-bond donors (Lipinski definition) is 1. The molecule has 0 spiro atoms. The lowest BCUT2D eigenvalue weighted by atomic mass is 10.1. The van der Waals surface area contributed by atoms with Gasteiger partial charge < -0.3 is 10.2 Å². The lowest BCUT2D eigenvalue weighted by Crippen LogP contribution is -2.38. The van der Waals surface area contributed by atoms with Gasteiger partial charge in [-0.2, -0.15) is 0 Å². The number of nitrogens with zero attached hydrogens (tertiary/aromatic N) is 3. The largest absolute Gasteiger partial charge is 0.348 e. The number of rotatable bonds is 3. The maximum atomic E-state index is 5.72. The Kier molecular flexibility index (Phi) is 6.45. The fraction of sp³-hybridized carbons (Fsp3) is 0.455. The van der Waals surface area contributed by atoms with Crippen molar-refractivity contribution < 1.29 is 0 Å². The maximum absolute atomic E-state index is 5.72. The second kappa shape index (κ2) is 8.81. The van der Waals surface area contributed by atoms with Gasteiger partial charge >= 0.3 is 0 Å². The minimum Gasteiger partial charge on any atom is -0.348 e. The zero-order valence-electron chi connectivity index (χ0n) is 16.9. The summed E-state index contributed by atoms with van der Waals surface area (Å²) in [5.74, 6) is 0. The second-order valence-corrected chi connectivity index (χ2v) is 7.96. The van der Waals surface area contributed by atoms with E-state index in [4.69, 9.17) is 12.2 Å². The van der Waals surface area contributed by atoms with E-state index in [1.807, 2.05) is 13.0 Å². The Bertz CT molecular complexity index is 818. The number of hydrogen-bond acceptors (Lipinski definition) is 3. The van der Waals surface area contributed by atoms with Crippen molar-refractivity contribution >= 4 is 23.0 Å². The maximum Gasteiger partial charge on any atom is 0.173 e. The highest BCUT2D eigenvalue weighted by Crippen LogP contribution is 2.21. The number of benzene rings is 1. The lowest BCUT2D eigenvalue weighted by molar-refractivity contribution is 0.275. The van der Waals surface area contributed by atoms with E-state index in [9.17, 15) is 0 Å². The van der Waals surface area contributed by atoms with Crippen LogP contribution in [0.3, 0.4) is 0 Å². The van der Waals surface area contributed by atoms with E-state index in [1.165, 1.54) is 16.7 Å². The number of thiocarbonyl (C=S) groups is 1. The monoisotopic (exact) mass is 382 g/mol. The van der Waals surface area contributed by atoms with Gasteiger partial charge in [-0.3, -0.25) is 9.88 Å². The summed E-state index contributed by atoms with van der Waals surface area (Å²) in [5.41, 5.74) is 7.20. The van der Waals surface area contributed by atoms with Gasteiger partial charge in [0.2, 0.25) is 0 Å². The fourth-order valence-electron chi connectivity index (χ4n) is 3.54. The molecule has 1 N–H and O–H groups in total. The van der Waals surface area contributed by atoms with Crippen LogP contribution in [-0.2, 0) is 6.54 Å². The first-order valence-corrected chi connectivity index (χ1v) is 10.1. The number of nitrogens with one attached hydrogen (secondary N) is 1. The van der Waals surface area contributed by atoms with Crippen LogP contribution in [0.1, 0.15) is 34.5 Å². The van der Waals surface area contributed by atoms with Gasteiger partial charge in [-0.15, -0.1) is 0 Å². The lowest BCUT2D eigenvalue weighted by Gasteiger charge is -2.25. The van der Waals surface area contributed by atoms with E-state index >= 15 is 0 Å². The Hall–Kier alpha value is -1.98. The van der Waals surface area contributed by atoms with Crippen LogP contribution in [0.25, 0.3) is 0 Å². The van der Waals surface area contributed by atoms with Crippen LogP contribution in [0.5, 0.6) is 0 Å². The molecule has 3 rings (SSSR count). The molecule has 0 amide bonds. The molecule has 0 aliphatic carbocycles. The van der Waals surface area contributed by atoms with Crippen molar-refractivity contribution in [3.05, 3.63) is 58.4 Å². The topological polar surface area (TPSA) is 31.4 Å². The third-order valence-electron chi connectivity index (χ3n) is 5.29. The molecule has 0 unspecified atom stereocenters. The average Bonchev–Trinajstić information content (AvgIpc) is 2.85. The third-order valence-corrected chi connectivity index (χ3v) is 5.65. The molecule has 1 fully saturated rings. The molecule has 4 nitrogen and oxygen atoms in total. The standard InChI is InChI=1S/C22H30N4S/c1-16-13-18(3)21(14-17(16)2)24-22(27)26-10-6-9-25(11-12-26)15-20-8-5-7-19(4)23-20/h5,7-8,13-14H,6,9-12,15H2,1-4H3,(H,24,27). The predicted molar refractivity (Wildman–Crippen MR) is 117 cm³/mol. The van der Waals surface area contributed by atoms with Crippen LogP contribution in [0.2, 0.25) is 0 Å². The fourth-order valence-corrected chi connectivity index (χ4v) is 3.83. The molecule has 27 heavy (non-hydrogen) atoms. The van der Waals surface area contributed by atoms with Gasteiger partial charge in [0.15, 0.2) is 5.11 Å². The van der Waals surface area contributed by atoms with Gasteiger partial charge in [0.05, 0.1) is 5.69 Å². The Morgan fingerprint density at radius 1 is 1.00 bits per heavy atom. The second-order valence-electron chi connectivity index (χ2n) is 7.57. The summed E-state index contributed by atoms with van der Waals surface area (Å²) in [5, 5.41) is 4.30. The van der Waals surface area contributed by atoms with E-state index in [0.717, 1.165) is 61.3 Å². The first kappa shape index (κ1) is 19.8. The zero-order chi connectivity index (χ0) is 19.4. The van der Waals surface area contributed by atoms with Gasteiger partial charge in [0.1, 0.15) is 0 Å². The summed E-state index contributed by atoms with van der Waals surface area (Å²) in [7, 11) is 0. The van der Waals surface area contributed by atoms with E-state index in [2.05, 4.69) is 65.1 Å². The predicted octanol–water partition coefficient (Wildman–Crippen LogP) is 4.22. The first-order chi connectivity index (χ1) is 12.9. The molecule has 2 aromatic rings. The Morgan fingerprint density at radius 3 is 2.56 bits per heavy atom. The Labute approximate surface area is 168 Å². The number of aryl methyl sites for hydroxylation is 4. The van der Waals surface area contributed by atoms with Crippen molar-refractivity contribution in [1.82, 2.24) is 14.8 Å². The van der Waals surface area contributed by atoms with Crippen LogP contribution in [0, 0.1) is 27.7 Å². The van der Waals surface area contributed by atoms with E-state index in [1.54, 1.807) is 0 Å². The van der Waals surface area contributed by atoms with Crippen molar-refractivity contribution in [2.24, 2.45) is 0 Å². The van der Waals surface area contributed by atoms with Crippen LogP contribution in [-0.4, -0.2) is 46.1 Å². The van der Waals surface area contributed by atoms with Gasteiger partial charge in [0.25, 0.3) is 0 Å². The molecule has 0 radical (unpaired) electrons. The molecule has 2 heterocycles.